The van der Waals surface area contributed by atoms with Crippen LogP contribution in [0.1, 0.15) is 39.0 Å². The van der Waals surface area contributed by atoms with Gasteiger partial charge in [0.05, 0.1) is 0 Å². The number of rotatable bonds is 7. The predicted molar refractivity (Wildman–Crippen MR) is 75.3 cm³/mol. The van der Waals surface area contributed by atoms with Crippen molar-refractivity contribution < 1.29 is 0 Å². The molecule has 1 saturated carbocycles. The number of hydrogen-bond acceptors (Lipinski definition) is 3. The van der Waals surface area contributed by atoms with Crippen LogP contribution in [0.4, 0.5) is 0 Å². The summed E-state index contributed by atoms with van der Waals surface area (Å²) in [7, 11) is 2.29. The van der Waals surface area contributed by atoms with E-state index in [9.17, 15) is 0 Å². The minimum absolute atomic E-state index is 0.796. The molecule has 16 heavy (non-hydrogen) atoms. The van der Waals surface area contributed by atoms with Crippen molar-refractivity contribution in [2.75, 3.05) is 32.1 Å². The molecule has 0 spiro atoms. The second-order valence-corrected chi connectivity index (χ2v) is 5.92. The Labute approximate surface area is 106 Å². The van der Waals surface area contributed by atoms with Gasteiger partial charge in [-0.25, -0.2) is 0 Å². The lowest BCUT2D eigenvalue weighted by molar-refractivity contribution is 0.183. The molecule has 0 unspecified atom stereocenters. The van der Waals surface area contributed by atoms with Gasteiger partial charge in [0.15, 0.2) is 0 Å². The summed E-state index contributed by atoms with van der Waals surface area (Å²) in [5.41, 5.74) is 0. The monoisotopic (exact) mass is 244 g/mol. The molecule has 0 amide bonds. The highest BCUT2D eigenvalue weighted by molar-refractivity contribution is 7.98. The maximum Gasteiger partial charge on any atom is 0.00937 e. The second-order valence-electron chi connectivity index (χ2n) is 4.93. The average Bonchev–Trinajstić information content (AvgIpc) is 2.34. The molecule has 0 radical (unpaired) electrons. The molecular formula is C13H28N2S. The van der Waals surface area contributed by atoms with E-state index in [4.69, 9.17) is 0 Å². The van der Waals surface area contributed by atoms with Crippen molar-refractivity contribution in [3.63, 3.8) is 0 Å². The Morgan fingerprint density at radius 1 is 1.25 bits per heavy atom. The van der Waals surface area contributed by atoms with Crippen molar-refractivity contribution in [1.29, 1.82) is 0 Å². The molecule has 0 aliphatic heterocycles. The molecule has 0 bridgehead atoms. The van der Waals surface area contributed by atoms with Gasteiger partial charge in [-0.1, -0.05) is 6.92 Å². The van der Waals surface area contributed by atoms with E-state index >= 15 is 0 Å². The molecule has 96 valence electrons. The maximum absolute atomic E-state index is 3.65. The van der Waals surface area contributed by atoms with Gasteiger partial charge >= 0.3 is 0 Å². The van der Waals surface area contributed by atoms with Gasteiger partial charge in [-0.3, -0.25) is 0 Å². The molecule has 2 nitrogen and oxygen atoms in total. The van der Waals surface area contributed by atoms with E-state index in [0.717, 1.165) is 12.1 Å². The first-order valence-corrected chi connectivity index (χ1v) is 8.09. The standard InChI is InChI=1S/C13H28N2S/c1-4-9-14-12-5-7-13(8-6-12)15(2)10-11-16-3/h12-14H,4-11H2,1-3H3. The Balaban J connectivity index is 2.15. The Morgan fingerprint density at radius 3 is 2.50 bits per heavy atom. The van der Waals surface area contributed by atoms with Gasteiger partial charge in [-0.15, -0.1) is 0 Å². The van der Waals surface area contributed by atoms with Crippen LogP contribution in [0.5, 0.6) is 0 Å². The van der Waals surface area contributed by atoms with E-state index in [2.05, 4.69) is 30.4 Å². The minimum Gasteiger partial charge on any atom is -0.314 e. The summed E-state index contributed by atoms with van der Waals surface area (Å²) in [6, 6.07) is 1.64. The molecule has 0 heterocycles. The van der Waals surface area contributed by atoms with Gasteiger partial charge in [0.2, 0.25) is 0 Å². The van der Waals surface area contributed by atoms with E-state index in [1.807, 2.05) is 11.8 Å². The van der Waals surface area contributed by atoms with Crippen LogP contribution in [-0.4, -0.2) is 49.1 Å². The van der Waals surface area contributed by atoms with Crippen molar-refractivity contribution in [3.05, 3.63) is 0 Å². The lowest BCUT2D eigenvalue weighted by Crippen LogP contribution is -2.41. The van der Waals surface area contributed by atoms with Crippen LogP contribution in [0, 0.1) is 0 Å². The van der Waals surface area contributed by atoms with E-state index in [1.54, 1.807) is 0 Å². The van der Waals surface area contributed by atoms with Crippen molar-refractivity contribution in [2.45, 2.75) is 51.1 Å². The molecule has 1 rings (SSSR count). The fraction of sp³-hybridized carbons (Fsp3) is 1.00. The van der Waals surface area contributed by atoms with E-state index < -0.39 is 0 Å². The third-order valence-electron chi connectivity index (χ3n) is 3.65. The number of hydrogen-bond donors (Lipinski definition) is 1. The zero-order chi connectivity index (χ0) is 11.8. The zero-order valence-corrected chi connectivity index (χ0v) is 12.0. The third kappa shape index (κ3) is 5.07. The van der Waals surface area contributed by atoms with Crippen LogP contribution in [0.2, 0.25) is 0 Å². The fourth-order valence-corrected chi connectivity index (χ4v) is 2.96. The molecule has 1 N–H and O–H groups in total. The first-order valence-electron chi connectivity index (χ1n) is 6.70. The predicted octanol–water partition coefficient (Wildman–Crippen LogP) is 2.59. The lowest BCUT2D eigenvalue weighted by Gasteiger charge is -2.35. The Hall–Kier alpha value is 0.270. The molecule has 1 fully saturated rings. The summed E-state index contributed by atoms with van der Waals surface area (Å²) in [4.78, 5) is 2.56. The number of thioether (sulfide) groups is 1. The van der Waals surface area contributed by atoms with E-state index in [-0.39, 0.29) is 0 Å². The van der Waals surface area contributed by atoms with Gasteiger partial charge < -0.3 is 10.2 Å². The van der Waals surface area contributed by atoms with Gasteiger partial charge in [0.25, 0.3) is 0 Å². The molecule has 3 heteroatoms. The number of nitrogens with zero attached hydrogens (tertiary/aromatic N) is 1. The van der Waals surface area contributed by atoms with Gasteiger partial charge in [-0.2, -0.15) is 11.8 Å². The zero-order valence-electron chi connectivity index (χ0n) is 11.2. The van der Waals surface area contributed by atoms with Gasteiger partial charge in [0.1, 0.15) is 0 Å². The van der Waals surface area contributed by atoms with Crippen LogP contribution in [-0.2, 0) is 0 Å². The second kappa shape index (κ2) is 8.37. The molecule has 0 aromatic carbocycles. The Bertz CT molecular complexity index is 167. The third-order valence-corrected chi connectivity index (χ3v) is 4.24. The molecule has 0 aromatic rings. The summed E-state index contributed by atoms with van der Waals surface area (Å²) >= 11 is 1.95. The summed E-state index contributed by atoms with van der Waals surface area (Å²) in [5.74, 6) is 1.27. The van der Waals surface area contributed by atoms with Crippen LogP contribution >= 0.6 is 11.8 Å². The Morgan fingerprint density at radius 2 is 1.94 bits per heavy atom. The lowest BCUT2D eigenvalue weighted by atomic mass is 9.90. The number of nitrogens with one attached hydrogen (secondary N) is 1. The normalized spacial score (nSPS) is 26.2. The summed E-state index contributed by atoms with van der Waals surface area (Å²) in [6.45, 7) is 4.69. The van der Waals surface area contributed by atoms with Crippen molar-refractivity contribution >= 4 is 11.8 Å². The summed E-state index contributed by atoms with van der Waals surface area (Å²) in [6.07, 6.45) is 8.95. The SMILES string of the molecule is CCCNC1CCC(N(C)CCSC)CC1. The van der Waals surface area contributed by atoms with Crippen molar-refractivity contribution in [1.82, 2.24) is 10.2 Å². The minimum atomic E-state index is 0.796. The topological polar surface area (TPSA) is 15.3 Å². The quantitative estimate of drug-likeness (QED) is 0.741. The smallest absolute Gasteiger partial charge is 0.00937 e. The highest BCUT2D eigenvalue weighted by Gasteiger charge is 2.22. The molecule has 1 aliphatic carbocycles. The van der Waals surface area contributed by atoms with Crippen LogP contribution in [0.3, 0.4) is 0 Å². The summed E-state index contributed by atoms with van der Waals surface area (Å²) < 4.78 is 0. The Kier molecular flexibility index (Phi) is 7.50. The fourth-order valence-electron chi connectivity index (χ4n) is 2.49. The molecular weight excluding hydrogens is 216 g/mol. The van der Waals surface area contributed by atoms with E-state index in [0.29, 0.717) is 0 Å². The molecule has 0 saturated heterocycles. The highest BCUT2D eigenvalue weighted by atomic mass is 32.2. The first-order chi connectivity index (χ1) is 7.77. The van der Waals surface area contributed by atoms with Crippen LogP contribution in [0.15, 0.2) is 0 Å². The first kappa shape index (κ1) is 14.3. The maximum atomic E-state index is 3.65. The summed E-state index contributed by atoms with van der Waals surface area (Å²) in [5, 5.41) is 3.65. The molecule has 0 atom stereocenters. The largest absolute Gasteiger partial charge is 0.314 e. The van der Waals surface area contributed by atoms with Crippen LogP contribution < -0.4 is 5.32 Å². The molecule has 1 aliphatic rings. The van der Waals surface area contributed by atoms with Crippen LogP contribution in [0.25, 0.3) is 0 Å². The molecule has 0 aromatic heterocycles. The van der Waals surface area contributed by atoms with Gasteiger partial charge in [0, 0.05) is 24.4 Å². The van der Waals surface area contributed by atoms with Gasteiger partial charge in [-0.05, 0) is 52.0 Å². The van der Waals surface area contributed by atoms with Crippen molar-refractivity contribution in [3.8, 4) is 0 Å². The van der Waals surface area contributed by atoms with E-state index in [1.165, 1.54) is 50.9 Å². The van der Waals surface area contributed by atoms with Crippen molar-refractivity contribution in [2.24, 2.45) is 0 Å². The average molecular weight is 244 g/mol. The highest BCUT2D eigenvalue weighted by Crippen LogP contribution is 2.22.